The Morgan fingerprint density at radius 1 is 1.44 bits per heavy atom. The van der Waals surface area contributed by atoms with Gasteiger partial charge in [0.1, 0.15) is 0 Å². The van der Waals surface area contributed by atoms with Crippen molar-refractivity contribution in [1.82, 2.24) is 4.90 Å². The SMILES string of the molecule is CCOC(=O)C(O)=CC(=O)C1CCCN1C(C)=O. The van der Waals surface area contributed by atoms with Gasteiger partial charge < -0.3 is 14.7 Å². The van der Waals surface area contributed by atoms with Crippen LogP contribution in [0.3, 0.4) is 0 Å². The molecule has 0 spiro atoms. The van der Waals surface area contributed by atoms with Crippen LogP contribution in [0.25, 0.3) is 0 Å². The number of likely N-dealkylation sites (tertiary alicyclic amines) is 1. The van der Waals surface area contributed by atoms with Gasteiger partial charge in [-0.1, -0.05) is 0 Å². The Morgan fingerprint density at radius 2 is 2.11 bits per heavy atom. The number of hydrogen-bond acceptors (Lipinski definition) is 5. The maximum atomic E-state index is 11.8. The third-order valence-corrected chi connectivity index (χ3v) is 2.75. The van der Waals surface area contributed by atoms with Crippen molar-refractivity contribution in [2.75, 3.05) is 13.2 Å². The first-order valence-corrected chi connectivity index (χ1v) is 5.86. The molecule has 1 fully saturated rings. The second kappa shape index (κ2) is 6.18. The lowest BCUT2D eigenvalue weighted by atomic mass is 10.1. The minimum atomic E-state index is -0.932. The van der Waals surface area contributed by atoms with Crippen LogP contribution in [0.4, 0.5) is 0 Å². The van der Waals surface area contributed by atoms with Gasteiger partial charge in [-0.25, -0.2) is 4.79 Å². The van der Waals surface area contributed by atoms with Gasteiger partial charge in [-0.05, 0) is 19.8 Å². The molecule has 6 heteroatoms. The quantitative estimate of drug-likeness (QED) is 0.451. The van der Waals surface area contributed by atoms with E-state index < -0.39 is 23.6 Å². The molecular formula is C12H17NO5. The molecule has 0 saturated carbocycles. The van der Waals surface area contributed by atoms with E-state index in [1.54, 1.807) is 6.92 Å². The maximum Gasteiger partial charge on any atom is 0.373 e. The zero-order valence-corrected chi connectivity index (χ0v) is 10.5. The van der Waals surface area contributed by atoms with E-state index in [2.05, 4.69) is 4.74 Å². The number of carbonyl (C=O) groups is 3. The normalized spacial score (nSPS) is 19.8. The van der Waals surface area contributed by atoms with Crippen molar-refractivity contribution in [2.24, 2.45) is 0 Å². The van der Waals surface area contributed by atoms with Crippen LogP contribution in [-0.4, -0.2) is 46.9 Å². The monoisotopic (exact) mass is 255 g/mol. The topological polar surface area (TPSA) is 83.9 Å². The number of hydrogen-bond donors (Lipinski definition) is 1. The molecule has 6 nitrogen and oxygen atoms in total. The zero-order chi connectivity index (χ0) is 13.7. The number of ether oxygens (including phenoxy) is 1. The molecule has 100 valence electrons. The number of aliphatic hydroxyl groups is 1. The molecule has 1 heterocycles. The fourth-order valence-electron chi connectivity index (χ4n) is 1.93. The van der Waals surface area contributed by atoms with Gasteiger partial charge in [0.15, 0.2) is 5.78 Å². The van der Waals surface area contributed by atoms with E-state index in [0.717, 1.165) is 12.5 Å². The maximum absolute atomic E-state index is 11.8. The summed E-state index contributed by atoms with van der Waals surface area (Å²) in [6.07, 6.45) is 2.12. The van der Waals surface area contributed by atoms with Crippen molar-refractivity contribution < 1.29 is 24.2 Å². The molecule has 1 rings (SSSR count). The first-order chi connectivity index (χ1) is 8.47. The van der Waals surface area contributed by atoms with Gasteiger partial charge in [-0.2, -0.15) is 0 Å². The lowest BCUT2D eigenvalue weighted by Crippen LogP contribution is -2.38. The molecule has 1 atom stereocenters. The molecule has 0 bridgehead atoms. The van der Waals surface area contributed by atoms with Crippen LogP contribution in [-0.2, 0) is 19.1 Å². The highest BCUT2D eigenvalue weighted by Gasteiger charge is 2.31. The minimum absolute atomic E-state index is 0.119. The first kappa shape index (κ1) is 14.2. The third-order valence-electron chi connectivity index (χ3n) is 2.75. The third kappa shape index (κ3) is 3.32. The average molecular weight is 255 g/mol. The van der Waals surface area contributed by atoms with Gasteiger partial charge in [-0.3, -0.25) is 9.59 Å². The van der Waals surface area contributed by atoms with Crippen molar-refractivity contribution in [1.29, 1.82) is 0 Å². The van der Waals surface area contributed by atoms with Crippen LogP contribution in [0.15, 0.2) is 11.8 Å². The van der Waals surface area contributed by atoms with Gasteiger partial charge in [0.2, 0.25) is 11.7 Å². The Labute approximate surface area is 105 Å². The molecule has 0 aliphatic carbocycles. The standard InChI is InChI=1S/C12H17NO5/c1-3-18-12(17)11(16)7-10(15)9-5-4-6-13(9)8(2)14/h7,9,16H,3-6H2,1-2H3. The number of carbonyl (C=O) groups excluding carboxylic acids is 3. The van der Waals surface area contributed by atoms with Gasteiger partial charge in [0, 0.05) is 19.5 Å². The fourth-order valence-corrected chi connectivity index (χ4v) is 1.93. The van der Waals surface area contributed by atoms with Crippen molar-refractivity contribution in [2.45, 2.75) is 32.7 Å². The van der Waals surface area contributed by atoms with E-state index in [1.807, 2.05) is 0 Å². The lowest BCUT2D eigenvalue weighted by molar-refractivity contribution is -0.141. The highest BCUT2D eigenvalue weighted by Crippen LogP contribution is 2.18. The van der Waals surface area contributed by atoms with Gasteiger partial charge in [0.25, 0.3) is 0 Å². The molecule has 1 N–H and O–H groups in total. The molecule has 1 unspecified atom stereocenters. The Kier molecular flexibility index (Phi) is 4.88. The zero-order valence-electron chi connectivity index (χ0n) is 10.5. The van der Waals surface area contributed by atoms with Crippen LogP contribution in [0.2, 0.25) is 0 Å². The number of rotatable bonds is 4. The highest BCUT2D eigenvalue weighted by atomic mass is 16.5. The molecule has 18 heavy (non-hydrogen) atoms. The first-order valence-electron chi connectivity index (χ1n) is 5.86. The molecular weight excluding hydrogens is 238 g/mol. The van der Waals surface area contributed by atoms with E-state index >= 15 is 0 Å². The van der Waals surface area contributed by atoms with Crippen molar-refractivity contribution in [3.63, 3.8) is 0 Å². The largest absolute Gasteiger partial charge is 0.502 e. The van der Waals surface area contributed by atoms with Crippen LogP contribution in [0, 0.1) is 0 Å². The molecule has 0 aromatic carbocycles. The van der Waals surface area contributed by atoms with Gasteiger partial charge in [0.05, 0.1) is 12.6 Å². The van der Waals surface area contributed by atoms with E-state index in [0.29, 0.717) is 13.0 Å². The summed E-state index contributed by atoms with van der Waals surface area (Å²) in [7, 11) is 0. The predicted octanol–water partition coefficient (Wildman–Crippen LogP) is 0.571. The van der Waals surface area contributed by atoms with E-state index in [1.165, 1.54) is 11.8 Å². The lowest BCUT2D eigenvalue weighted by Gasteiger charge is -2.20. The smallest absolute Gasteiger partial charge is 0.373 e. The van der Waals surface area contributed by atoms with Crippen molar-refractivity contribution in [3.05, 3.63) is 11.8 Å². The second-order valence-corrected chi connectivity index (χ2v) is 4.02. The van der Waals surface area contributed by atoms with Crippen LogP contribution in [0.5, 0.6) is 0 Å². The van der Waals surface area contributed by atoms with Crippen LogP contribution < -0.4 is 0 Å². The summed E-state index contributed by atoms with van der Waals surface area (Å²) in [6, 6.07) is -0.584. The fraction of sp³-hybridized carbons (Fsp3) is 0.583. The summed E-state index contributed by atoms with van der Waals surface area (Å²) >= 11 is 0. The number of nitrogens with zero attached hydrogens (tertiary/aromatic N) is 1. The van der Waals surface area contributed by atoms with Crippen LogP contribution >= 0.6 is 0 Å². The Balaban J connectivity index is 2.72. The van der Waals surface area contributed by atoms with Gasteiger partial charge >= 0.3 is 5.97 Å². The summed E-state index contributed by atoms with van der Waals surface area (Å²) < 4.78 is 4.55. The molecule has 1 amide bonds. The van der Waals surface area contributed by atoms with Crippen molar-refractivity contribution in [3.8, 4) is 0 Å². The molecule has 1 aliphatic rings. The number of ketones is 1. The summed E-state index contributed by atoms with van der Waals surface area (Å²) in [5.74, 6) is -2.29. The summed E-state index contributed by atoms with van der Waals surface area (Å²) in [5.41, 5.74) is 0. The van der Waals surface area contributed by atoms with E-state index in [-0.39, 0.29) is 12.5 Å². The average Bonchev–Trinajstić information content (AvgIpc) is 2.78. The van der Waals surface area contributed by atoms with E-state index in [4.69, 9.17) is 0 Å². The Bertz CT molecular complexity index is 388. The highest BCUT2D eigenvalue weighted by molar-refractivity contribution is 6.02. The number of esters is 1. The molecule has 0 aromatic rings. The summed E-state index contributed by atoms with van der Waals surface area (Å²) in [5, 5.41) is 9.37. The number of aliphatic hydroxyl groups excluding tert-OH is 1. The predicted molar refractivity (Wildman–Crippen MR) is 62.8 cm³/mol. The molecule has 0 aromatic heterocycles. The van der Waals surface area contributed by atoms with Crippen LogP contribution in [0.1, 0.15) is 26.7 Å². The Hall–Kier alpha value is -1.85. The second-order valence-electron chi connectivity index (χ2n) is 4.02. The minimum Gasteiger partial charge on any atom is -0.502 e. The Morgan fingerprint density at radius 3 is 2.67 bits per heavy atom. The molecule has 0 radical (unpaired) electrons. The number of amides is 1. The summed E-state index contributed by atoms with van der Waals surface area (Å²) in [4.78, 5) is 35.7. The summed E-state index contributed by atoms with van der Waals surface area (Å²) in [6.45, 7) is 3.63. The molecule has 1 saturated heterocycles. The van der Waals surface area contributed by atoms with Gasteiger partial charge in [-0.15, -0.1) is 0 Å². The molecule has 1 aliphatic heterocycles. The van der Waals surface area contributed by atoms with Crippen molar-refractivity contribution >= 4 is 17.7 Å². The van der Waals surface area contributed by atoms with E-state index in [9.17, 15) is 19.5 Å².